The molecule has 2 amide bonds. The molecule has 0 saturated carbocycles. The van der Waals surface area contributed by atoms with Gasteiger partial charge in [0.15, 0.2) is 0 Å². The highest BCUT2D eigenvalue weighted by Crippen LogP contribution is 2.29. The lowest BCUT2D eigenvalue weighted by Crippen LogP contribution is -2.36. The predicted molar refractivity (Wildman–Crippen MR) is 94.8 cm³/mol. The van der Waals surface area contributed by atoms with E-state index in [4.69, 9.17) is 0 Å². The van der Waals surface area contributed by atoms with Crippen molar-refractivity contribution in [3.8, 4) is 0 Å². The number of carbonyl (C=O) groups excluding carboxylic acids is 2. The van der Waals surface area contributed by atoms with Gasteiger partial charge in [0.05, 0.1) is 17.9 Å². The molecule has 136 valence electrons. The molecule has 2 heterocycles. The normalized spacial score (nSPS) is 13.6. The van der Waals surface area contributed by atoms with Crippen LogP contribution in [0.3, 0.4) is 0 Å². The maximum absolute atomic E-state index is 12.4. The molecule has 0 bridgehead atoms. The van der Waals surface area contributed by atoms with Crippen LogP contribution in [0.2, 0.25) is 0 Å². The zero-order chi connectivity index (χ0) is 18.7. The molecule has 0 spiro atoms. The molecule has 0 fully saturated rings. The van der Waals surface area contributed by atoms with Crippen molar-refractivity contribution in [2.45, 2.75) is 17.9 Å². The van der Waals surface area contributed by atoms with Crippen molar-refractivity contribution in [1.29, 1.82) is 0 Å². The summed E-state index contributed by atoms with van der Waals surface area (Å²) < 4.78 is 27.0. The minimum absolute atomic E-state index is 0.0272. The lowest BCUT2D eigenvalue weighted by atomic mass is 10.2. The van der Waals surface area contributed by atoms with Gasteiger partial charge >= 0.3 is 0 Å². The number of nitrogens with one attached hydrogen (secondary N) is 2. The molecule has 0 unspecified atom stereocenters. The molecule has 2 aromatic rings. The minimum atomic E-state index is -3.85. The van der Waals surface area contributed by atoms with Crippen LogP contribution in [0.4, 0.5) is 5.69 Å². The van der Waals surface area contributed by atoms with Crippen molar-refractivity contribution in [2.75, 3.05) is 18.5 Å². The van der Waals surface area contributed by atoms with Gasteiger partial charge in [0.25, 0.3) is 0 Å². The van der Waals surface area contributed by atoms with Crippen LogP contribution in [0.1, 0.15) is 11.1 Å². The summed E-state index contributed by atoms with van der Waals surface area (Å²) in [6, 6.07) is 8.04. The van der Waals surface area contributed by atoms with Crippen LogP contribution >= 0.6 is 0 Å². The van der Waals surface area contributed by atoms with E-state index in [9.17, 15) is 18.0 Å². The van der Waals surface area contributed by atoms with E-state index in [0.717, 1.165) is 5.56 Å². The van der Waals surface area contributed by atoms with E-state index < -0.39 is 15.9 Å². The Hall–Kier alpha value is -2.78. The van der Waals surface area contributed by atoms with Crippen molar-refractivity contribution < 1.29 is 18.0 Å². The Morgan fingerprint density at radius 1 is 1.31 bits per heavy atom. The molecule has 0 aliphatic carbocycles. The highest BCUT2D eigenvalue weighted by Gasteiger charge is 2.26. The summed E-state index contributed by atoms with van der Waals surface area (Å²) >= 11 is 0. The number of carbonyl (C=O) groups is 2. The van der Waals surface area contributed by atoms with E-state index in [1.165, 1.54) is 17.0 Å². The van der Waals surface area contributed by atoms with Crippen molar-refractivity contribution in [1.82, 2.24) is 15.0 Å². The monoisotopic (exact) mass is 374 g/mol. The first-order valence-electron chi connectivity index (χ1n) is 7.91. The number of pyridine rings is 1. The highest BCUT2D eigenvalue weighted by atomic mass is 32.2. The summed E-state index contributed by atoms with van der Waals surface area (Å²) in [5, 5.41) is 2.62. The summed E-state index contributed by atoms with van der Waals surface area (Å²) in [6.07, 6.45) is 3.41. The molecule has 0 radical (unpaired) electrons. The molecule has 1 aliphatic rings. The number of fused-ring (bicyclic) bond motifs is 1. The molecular formula is C17H18N4O4S. The summed E-state index contributed by atoms with van der Waals surface area (Å²) in [5.74, 6) is -0.536. The third kappa shape index (κ3) is 3.89. The quantitative estimate of drug-likeness (QED) is 0.751. The second kappa shape index (κ2) is 7.22. The zero-order valence-corrected chi connectivity index (χ0v) is 14.9. The number of anilines is 1. The Balaban J connectivity index is 1.60. The zero-order valence-electron chi connectivity index (χ0n) is 14.1. The number of sulfonamides is 1. The van der Waals surface area contributed by atoms with Gasteiger partial charge in [0.2, 0.25) is 21.8 Å². The first kappa shape index (κ1) is 18.0. The van der Waals surface area contributed by atoms with Crippen molar-refractivity contribution in [3.63, 3.8) is 0 Å². The Labute approximate surface area is 151 Å². The second-order valence-electron chi connectivity index (χ2n) is 5.88. The molecule has 26 heavy (non-hydrogen) atoms. The minimum Gasteiger partial charge on any atom is -0.351 e. The van der Waals surface area contributed by atoms with Crippen molar-refractivity contribution in [3.05, 3.63) is 53.9 Å². The topological polar surface area (TPSA) is 108 Å². The second-order valence-corrected chi connectivity index (χ2v) is 7.65. The largest absolute Gasteiger partial charge is 0.351 e. The molecule has 1 aromatic heterocycles. The SMILES string of the molecule is CN1C(=O)Cc2cc(S(=O)(=O)NCC(=O)NCc3cccnc3)ccc21. The smallest absolute Gasteiger partial charge is 0.241 e. The summed E-state index contributed by atoms with van der Waals surface area (Å²) in [4.78, 5) is 29.0. The van der Waals surface area contributed by atoms with Gasteiger partial charge in [0.1, 0.15) is 0 Å². The van der Waals surface area contributed by atoms with Crippen LogP contribution in [-0.4, -0.2) is 38.8 Å². The Kier molecular flexibility index (Phi) is 5.01. The summed E-state index contributed by atoms with van der Waals surface area (Å²) in [7, 11) is -2.20. The lowest BCUT2D eigenvalue weighted by molar-refractivity contribution is -0.120. The third-order valence-corrected chi connectivity index (χ3v) is 5.47. The van der Waals surface area contributed by atoms with Crippen molar-refractivity contribution >= 4 is 27.5 Å². The number of hydrogen-bond donors (Lipinski definition) is 2. The Bertz CT molecular complexity index is 944. The standard InChI is InChI=1S/C17H18N4O4S/c1-21-15-5-4-14(7-13(15)8-17(21)23)26(24,25)20-11-16(22)19-10-12-3-2-6-18-9-12/h2-7,9,20H,8,10-11H2,1H3,(H,19,22). The first-order valence-corrected chi connectivity index (χ1v) is 9.40. The molecule has 0 saturated heterocycles. The molecular weight excluding hydrogens is 356 g/mol. The van der Waals surface area contributed by atoms with Crippen LogP contribution in [0, 0.1) is 0 Å². The number of benzene rings is 1. The maximum Gasteiger partial charge on any atom is 0.241 e. The number of likely N-dealkylation sites (N-methyl/N-ethyl adjacent to an activating group) is 1. The van der Waals surface area contributed by atoms with Crippen LogP contribution in [-0.2, 0) is 32.6 Å². The van der Waals surface area contributed by atoms with Gasteiger partial charge in [-0.1, -0.05) is 6.07 Å². The van der Waals surface area contributed by atoms with Gasteiger partial charge in [-0.05, 0) is 35.4 Å². The van der Waals surface area contributed by atoms with E-state index in [0.29, 0.717) is 11.3 Å². The van der Waals surface area contributed by atoms with Crippen LogP contribution in [0.25, 0.3) is 0 Å². The number of aromatic nitrogens is 1. The summed E-state index contributed by atoms with van der Waals surface area (Å²) in [6.45, 7) is -0.111. The Morgan fingerprint density at radius 2 is 2.12 bits per heavy atom. The van der Waals surface area contributed by atoms with E-state index in [1.54, 1.807) is 37.6 Å². The van der Waals surface area contributed by atoms with E-state index in [-0.39, 0.29) is 30.3 Å². The van der Waals surface area contributed by atoms with E-state index >= 15 is 0 Å². The van der Waals surface area contributed by atoms with Crippen molar-refractivity contribution in [2.24, 2.45) is 0 Å². The molecule has 2 N–H and O–H groups in total. The fraction of sp³-hybridized carbons (Fsp3) is 0.235. The van der Waals surface area contributed by atoms with Gasteiger partial charge in [-0.25, -0.2) is 13.1 Å². The fourth-order valence-electron chi connectivity index (χ4n) is 2.62. The predicted octanol–water partition coefficient (Wildman–Crippen LogP) is 0.195. The number of amides is 2. The fourth-order valence-corrected chi connectivity index (χ4v) is 3.66. The highest BCUT2D eigenvalue weighted by molar-refractivity contribution is 7.89. The van der Waals surface area contributed by atoms with E-state index in [2.05, 4.69) is 15.0 Å². The molecule has 8 nitrogen and oxygen atoms in total. The van der Waals surface area contributed by atoms with Gasteiger partial charge in [-0.3, -0.25) is 14.6 Å². The van der Waals surface area contributed by atoms with Gasteiger partial charge < -0.3 is 10.2 Å². The Morgan fingerprint density at radius 3 is 2.85 bits per heavy atom. The molecule has 1 aromatic carbocycles. The van der Waals surface area contributed by atoms with Crippen LogP contribution in [0.5, 0.6) is 0 Å². The molecule has 3 rings (SSSR count). The van der Waals surface area contributed by atoms with Gasteiger partial charge in [0, 0.05) is 31.7 Å². The number of nitrogens with zero attached hydrogens (tertiary/aromatic N) is 2. The molecule has 1 aliphatic heterocycles. The maximum atomic E-state index is 12.4. The van der Waals surface area contributed by atoms with Crippen LogP contribution < -0.4 is 14.9 Å². The summed E-state index contributed by atoms with van der Waals surface area (Å²) in [5.41, 5.74) is 2.17. The van der Waals surface area contributed by atoms with Gasteiger partial charge in [-0.2, -0.15) is 0 Å². The molecule has 9 heteroatoms. The van der Waals surface area contributed by atoms with Gasteiger partial charge in [-0.15, -0.1) is 0 Å². The first-order chi connectivity index (χ1) is 12.4. The number of rotatable bonds is 6. The molecule has 0 atom stereocenters. The third-order valence-electron chi connectivity index (χ3n) is 4.07. The number of hydrogen-bond acceptors (Lipinski definition) is 5. The van der Waals surface area contributed by atoms with Crippen LogP contribution in [0.15, 0.2) is 47.6 Å². The average molecular weight is 374 g/mol. The van der Waals surface area contributed by atoms with E-state index in [1.807, 2.05) is 0 Å². The average Bonchev–Trinajstić information content (AvgIpc) is 2.93. The lowest BCUT2D eigenvalue weighted by Gasteiger charge is -2.11.